The topological polar surface area (TPSA) is 73.8 Å². The number of rotatable bonds is 4. The summed E-state index contributed by atoms with van der Waals surface area (Å²) in [4.78, 5) is 6.79. The molecule has 21 heavy (non-hydrogen) atoms. The fraction of sp³-hybridized carbons (Fsp3) is 0.500. The fourth-order valence-corrected chi connectivity index (χ4v) is 3.08. The van der Waals surface area contributed by atoms with Crippen molar-refractivity contribution in [2.24, 2.45) is 4.99 Å². The van der Waals surface area contributed by atoms with E-state index in [1.54, 1.807) is 19.2 Å². The molecule has 1 fully saturated rings. The van der Waals surface area contributed by atoms with Crippen LogP contribution < -0.4 is 10.0 Å². The molecule has 1 aromatic carbocycles. The number of hydrogen-bond donors (Lipinski definition) is 2. The summed E-state index contributed by atoms with van der Waals surface area (Å²) in [7, 11) is -0.178. The summed E-state index contributed by atoms with van der Waals surface area (Å²) in [6, 6.07) is 6.85. The van der Waals surface area contributed by atoms with Crippen molar-refractivity contribution in [2.75, 3.05) is 27.2 Å². The van der Waals surface area contributed by atoms with Crippen LogP contribution in [0.3, 0.4) is 0 Å². The van der Waals surface area contributed by atoms with E-state index in [0.29, 0.717) is 6.54 Å². The lowest BCUT2D eigenvalue weighted by Gasteiger charge is -2.20. The van der Waals surface area contributed by atoms with Gasteiger partial charge in [-0.1, -0.05) is 12.1 Å². The summed E-state index contributed by atoms with van der Waals surface area (Å²) in [5, 5.41) is 3.31. The van der Waals surface area contributed by atoms with E-state index in [4.69, 9.17) is 0 Å². The van der Waals surface area contributed by atoms with Crippen molar-refractivity contribution in [1.29, 1.82) is 0 Å². The summed E-state index contributed by atoms with van der Waals surface area (Å²) in [6.07, 6.45) is 2.41. The van der Waals surface area contributed by atoms with Crippen molar-refractivity contribution in [3.05, 3.63) is 29.8 Å². The molecule has 0 aromatic heterocycles. The first kappa shape index (κ1) is 15.8. The second-order valence-corrected chi connectivity index (χ2v) is 6.83. The van der Waals surface area contributed by atoms with Crippen LogP contribution in [-0.2, 0) is 16.6 Å². The molecule has 7 heteroatoms. The summed E-state index contributed by atoms with van der Waals surface area (Å²) >= 11 is 0. The summed E-state index contributed by atoms with van der Waals surface area (Å²) in [6.45, 7) is 2.71. The van der Waals surface area contributed by atoms with Gasteiger partial charge in [0, 0.05) is 26.7 Å². The van der Waals surface area contributed by atoms with E-state index >= 15 is 0 Å². The number of sulfonamides is 1. The molecule has 0 spiro atoms. The largest absolute Gasteiger partial charge is 0.352 e. The summed E-state index contributed by atoms with van der Waals surface area (Å²) in [5.41, 5.74) is 1.02. The number of hydrogen-bond acceptors (Lipinski definition) is 3. The second kappa shape index (κ2) is 6.91. The van der Waals surface area contributed by atoms with Gasteiger partial charge in [0.2, 0.25) is 10.0 Å². The monoisotopic (exact) mass is 310 g/mol. The first-order valence-electron chi connectivity index (χ1n) is 7.05. The Morgan fingerprint density at radius 2 is 1.86 bits per heavy atom. The van der Waals surface area contributed by atoms with Gasteiger partial charge >= 0.3 is 0 Å². The van der Waals surface area contributed by atoms with Crippen molar-refractivity contribution in [2.45, 2.75) is 24.3 Å². The van der Waals surface area contributed by atoms with E-state index in [0.717, 1.165) is 24.6 Å². The molecule has 2 rings (SSSR count). The van der Waals surface area contributed by atoms with E-state index in [9.17, 15) is 8.42 Å². The summed E-state index contributed by atoms with van der Waals surface area (Å²) < 4.78 is 25.6. The summed E-state index contributed by atoms with van der Waals surface area (Å²) in [5.74, 6) is 0.902. The minimum atomic E-state index is -3.37. The number of likely N-dealkylation sites (tertiary alicyclic amines) is 1. The molecule has 1 aliphatic rings. The van der Waals surface area contributed by atoms with Crippen LogP contribution in [0.5, 0.6) is 0 Å². The zero-order valence-electron chi connectivity index (χ0n) is 12.5. The van der Waals surface area contributed by atoms with Crippen LogP contribution in [-0.4, -0.2) is 46.5 Å². The minimum absolute atomic E-state index is 0.276. The maximum atomic E-state index is 11.6. The third-order valence-electron chi connectivity index (χ3n) is 3.57. The molecule has 0 bridgehead atoms. The molecule has 1 saturated heterocycles. The van der Waals surface area contributed by atoms with Crippen molar-refractivity contribution >= 4 is 16.0 Å². The minimum Gasteiger partial charge on any atom is -0.352 e. The molecule has 116 valence electrons. The third-order valence-corrected chi connectivity index (χ3v) is 5.00. The van der Waals surface area contributed by atoms with Gasteiger partial charge in [-0.2, -0.15) is 0 Å². The molecular formula is C14H22N4O2S. The Bertz CT molecular complexity index is 590. The molecule has 0 radical (unpaired) electrons. The van der Waals surface area contributed by atoms with Crippen LogP contribution in [0.4, 0.5) is 0 Å². The van der Waals surface area contributed by atoms with Crippen LogP contribution >= 0.6 is 0 Å². The molecule has 1 aromatic rings. The number of nitrogens with zero attached hydrogens (tertiary/aromatic N) is 2. The van der Waals surface area contributed by atoms with Gasteiger partial charge in [0.25, 0.3) is 0 Å². The number of aliphatic imine (C=N–C) groups is 1. The van der Waals surface area contributed by atoms with E-state index < -0.39 is 10.0 Å². The van der Waals surface area contributed by atoms with Crippen molar-refractivity contribution in [3.8, 4) is 0 Å². The molecule has 0 aliphatic carbocycles. The van der Waals surface area contributed by atoms with Crippen LogP contribution in [0.15, 0.2) is 34.2 Å². The van der Waals surface area contributed by atoms with Gasteiger partial charge in [-0.15, -0.1) is 0 Å². The van der Waals surface area contributed by atoms with Gasteiger partial charge in [0.1, 0.15) is 0 Å². The lowest BCUT2D eigenvalue weighted by atomic mass is 10.2. The maximum Gasteiger partial charge on any atom is 0.240 e. The van der Waals surface area contributed by atoms with Gasteiger partial charge in [-0.25, -0.2) is 13.1 Å². The van der Waals surface area contributed by atoms with Crippen LogP contribution in [0.25, 0.3) is 0 Å². The highest BCUT2D eigenvalue weighted by atomic mass is 32.2. The van der Waals surface area contributed by atoms with Gasteiger partial charge in [0.05, 0.1) is 4.90 Å². The van der Waals surface area contributed by atoms with Gasteiger partial charge < -0.3 is 10.2 Å². The second-order valence-electron chi connectivity index (χ2n) is 4.95. The highest BCUT2D eigenvalue weighted by Crippen LogP contribution is 2.11. The average Bonchev–Trinajstić information content (AvgIpc) is 3.03. The van der Waals surface area contributed by atoms with E-state index in [1.807, 2.05) is 12.1 Å². The predicted molar refractivity (Wildman–Crippen MR) is 83.7 cm³/mol. The van der Waals surface area contributed by atoms with E-state index in [1.165, 1.54) is 19.9 Å². The highest BCUT2D eigenvalue weighted by Gasteiger charge is 2.15. The average molecular weight is 310 g/mol. The molecule has 0 atom stereocenters. The lowest BCUT2D eigenvalue weighted by Crippen LogP contribution is -2.39. The number of nitrogens with one attached hydrogen (secondary N) is 2. The van der Waals surface area contributed by atoms with Crippen LogP contribution in [0.1, 0.15) is 18.4 Å². The highest BCUT2D eigenvalue weighted by molar-refractivity contribution is 7.89. The SMILES string of the molecule is CN=C(NCc1ccc(S(=O)(=O)NC)cc1)N1CCCC1. The van der Waals surface area contributed by atoms with Crippen LogP contribution in [0, 0.1) is 0 Å². The lowest BCUT2D eigenvalue weighted by molar-refractivity contribution is 0.493. The zero-order chi connectivity index (χ0) is 15.3. The first-order valence-corrected chi connectivity index (χ1v) is 8.53. The smallest absolute Gasteiger partial charge is 0.240 e. The molecule has 1 heterocycles. The van der Waals surface area contributed by atoms with Gasteiger partial charge in [-0.05, 0) is 37.6 Å². The molecule has 2 N–H and O–H groups in total. The molecule has 1 aliphatic heterocycles. The van der Waals surface area contributed by atoms with Gasteiger partial charge in [0.15, 0.2) is 5.96 Å². The molecule has 0 unspecified atom stereocenters. The molecule has 6 nitrogen and oxygen atoms in total. The maximum absolute atomic E-state index is 11.6. The third kappa shape index (κ3) is 3.95. The Kier molecular flexibility index (Phi) is 5.19. The normalized spacial score (nSPS) is 16.3. The van der Waals surface area contributed by atoms with Gasteiger partial charge in [-0.3, -0.25) is 4.99 Å². The van der Waals surface area contributed by atoms with E-state index in [-0.39, 0.29) is 4.90 Å². The number of benzene rings is 1. The van der Waals surface area contributed by atoms with Crippen molar-refractivity contribution < 1.29 is 8.42 Å². The molecule has 0 amide bonds. The first-order chi connectivity index (χ1) is 10.1. The Balaban J connectivity index is 1.97. The van der Waals surface area contributed by atoms with E-state index in [2.05, 4.69) is 19.9 Å². The Labute approximate surface area is 126 Å². The predicted octanol–water partition coefficient (Wildman–Crippen LogP) is 0.766. The van der Waals surface area contributed by atoms with Crippen molar-refractivity contribution in [3.63, 3.8) is 0 Å². The fourth-order valence-electron chi connectivity index (χ4n) is 2.35. The Morgan fingerprint density at radius 1 is 1.24 bits per heavy atom. The number of guanidine groups is 1. The standard InChI is InChI=1S/C14H22N4O2S/c1-15-14(18-9-3-4-10-18)17-11-12-5-7-13(8-6-12)21(19,20)16-2/h5-8,16H,3-4,9-11H2,1-2H3,(H,15,17). The van der Waals surface area contributed by atoms with Crippen molar-refractivity contribution in [1.82, 2.24) is 14.9 Å². The Hall–Kier alpha value is -1.60. The quantitative estimate of drug-likeness (QED) is 0.636. The Morgan fingerprint density at radius 3 is 2.38 bits per heavy atom. The molecule has 0 saturated carbocycles. The zero-order valence-corrected chi connectivity index (χ0v) is 13.3. The van der Waals surface area contributed by atoms with Crippen LogP contribution in [0.2, 0.25) is 0 Å². The molecular weight excluding hydrogens is 288 g/mol.